The number of carbonyl (C=O) groups excluding carboxylic acids is 2. The Morgan fingerprint density at radius 2 is 1.97 bits per heavy atom. The summed E-state index contributed by atoms with van der Waals surface area (Å²) in [7, 11) is 0. The van der Waals surface area contributed by atoms with Gasteiger partial charge in [-0.15, -0.1) is 17.9 Å². The molecule has 2 aromatic heterocycles. The fraction of sp³-hybridized carbons (Fsp3) is 0.269. The van der Waals surface area contributed by atoms with E-state index in [1.807, 2.05) is 28.0 Å². The molecule has 4 rings (SSSR count). The van der Waals surface area contributed by atoms with E-state index in [-0.39, 0.29) is 17.7 Å². The Labute approximate surface area is 193 Å². The lowest BCUT2D eigenvalue weighted by molar-refractivity contribution is -0.134. The highest BCUT2D eigenvalue weighted by molar-refractivity contribution is 7.13. The molecule has 1 aliphatic rings. The van der Waals surface area contributed by atoms with E-state index in [9.17, 15) is 9.59 Å². The Morgan fingerprint density at radius 1 is 1.12 bits per heavy atom. The highest BCUT2D eigenvalue weighted by atomic mass is 32.1. The van der Waals surface area contributed by atoms with Crippen LogP contribution in [0.25, 0.3) is 10.4 Å². The van der Waals surface area contributed by atoms with Crippen molar-refractivity contribution in [3.8, 4) is 10.4 Å². The Morgan fingerprint density at radius 3 is 2.66 bits per heavy atom. The first kappa shape index (κ1) is 22.0. The van der Waals surface area contributed by atoms with Crippen LogP contribution in [0.2, 0.25) is 0 Å². The second kappa shape index (κ2) is 10.4. The molecule has 0 bridgehead atoms. The van der Waals surface area contributed by atoms with Gasteiger partial charge < -0.3 is 9.80 Å². The molecule has 0 spiro atoms. The minimum atomic E-state index is -0.275. The van der Waals surface area contributed by atoms with Crippen LogP contribution in [0.1, 0.15) is 11.1 Å². The summed E-state index contributed by atoms with van der Waals surface area (Å²) in [6, 6.07) is 16.3. The maximum atomic E-state index is 13.3. The minimum Gasteiger partial charge on any atom is -0.340 e. The maximum Gasteiger partial charge on any atom is 0.228 e. The van der Waals surface area contributed by atoms with E-state index in [0.717, 1.165) is 11.1 Å². The molecule has 1 aliphatic heterocycles. The van der Waals surface area contributed by atoms with Gasteiger partial charge in [0.15, 0.2) is 0 Å². The van der Waals surface area contributed by atoms with E-state index in [2.05, 4.69) is 47.3 Å². The molecular weight excluding hydrogens is 418 g/mol. The lowest BCUT2D eigenvalue weighted by atomic mass is 9.96. The third kappa shape index (κ3) is 5.32. The molecule has 0 N–H and O–H groups in total. The topological polar surface area (TPSA) is 53.5 Å². The average molecular weight is 446 g/mol. The SMILES string of the molecule is C=CCN1CCN(C(=O)Cc2cccnc2)C[C@@H](Cc2ccc(-c3cccs3)cc2)C1=O. The summed E-state index contributed by atoms with van der Waals surface area (Å²) < 4.78 is 0. The van der Waals surface area contributed by atoms with Crippen molar-refractivity contribution in [2.75, 3.05) is 26.2 Å². The normalized spacial score (nSPS) is 16.6. The first-order valence-electron chi connectivity index (χ1n) is 10.8. The molecule has 0 unspecified atom stereocenters. The van der Waals surface area contributed by atoms with Crippen LogP contribution in [0, 0.1) is 5.92 Å². The predicted octanol–water partition coefficient (Wildman–Crippen LogP) is 4.07. The lowest BCUT2D eigenvalue weighted by Crippen LogP contribution is -2.38. The second-order valence-corrected chi connectivity index (χ2v) is 8.97. The van der Waals surface area contributed by atoms with E-state index in [1.54, 1.807) is 29.8 Å². The van der Waals surface area contributed by atoms with Gasteiger partial charge in [-0.3, -0.25) is 14.6 Å². The Hall–Kier alpha value is -3.25. The zero-order valence-electron chi connectivity index (χ0n) is 18.0. The van der Waals surface area contributed by atoms with Gasteiger partial charge in [0.05, 0.1) is 12.3 Å². The zero-order valence-corrected chi connectivity index (χ0v) is 18.8. The summed E-state index contributed by atoms with van der Waals surface area (Å²) in [5.41, 5.74) is 3.16. The smallest absolute Gasteiger partial charge is 0.228 e. The molecule has 0 aliphatic carbocycles. The molecule has 164 valence electrons. The van der Waals surface area contributed by atoms with Crippen LogP contribution in [0.3, 0.4) is 0 Å². The highest BCUT2D eigenvalue weighted by Gasteiger charge is 2.31. The van der Waals surface area contributed by atoms with E-state index in [0.29, 0.717) is 39.0 Å². The molecule has 0 radical (unpaired) electrons. The van der Waals surface area contributed by atoms with E-state index < -0.39 is 0 Å². The number of amides is 2. The lowest BCUT2D eigenvalue weighted by Gasteiger charge is -2.24. The third-order valence-corrected chi connectivity index (χ3v) is 6.68. The highest BCUT2D eigenvalue weighted by Crippen LogP contribution is 2.26. The molecule has 1 fully saturated rings. The van der Waals surface area contributed by atoms with Crippen LogP contribution < -0.4 is 0 Å². The molecule has 32 heavy (non-hydrogen) atoms. The molecule has 0 saturated carbocycles. The number of carbonyl (C=O) groups is 2. The molecule has 2 amide bonds. The number of hydrogen-bond donors (Lipinski definition) is 0. The van der Waals surface area contributed by atoms with Crippen LogP contribution >= 0.6 is 11.3 Å². The summed E-state index contributed by atoms with van der Waals surface area (Å²) in [6.45, 7) is 5.78. The van der Waals surface area contributed by atoms with Gasteiger partial charge in [-0.2, -0.15) is 0 Å². The summed E-state index contributed by atoms with van der Waals surface area (Å²) in [6.07, 6.45) is 6.07. The second-order valence-electron chi connectivity index (χ2n) is 8.03. The average Bonchev–Trinajstić information content (AvgIpc) is 3.31. The summed E-state index contributed by atoms with van der Waals surface area (Å²) in [4.78, 5) is 35.2. The Bertz CT molecular complexity index is 1050. The molecule has 3 aromatic rings. The van der Waals surface area contributed by atoms with Crippen LogP contribution in [0.15, 0.2) is 79.0 Å². The zero-order chi connectivity index (χ0) is 22.3. The molecule has 1 atom stereocenters. The standard InChI is InChI=1S/C26H27N3O2S/c1-2-12-28-13-14-29(25(30)17-21-5-3-11-27-18-21)19-23(26(28)31)16-20-7-9-22(10-8-20)24-6-4-15-32-24/h2-11,15,18,23H,1,12-14,16-17,19H2/t23-/m1/s1. The van der Waals surface area contributed by atoms with E-state index in [4.69, 9.17) is 0 Å². The van der Waals surface area contributed by atoms with Crippen LogP contribution in [0.5, 0.6) is 0 Å². The van der Waals surface area contributed by atoms with Crippen molar-refractivity contribution in [3.05, 3.63) is 90.1 Å². The summed E-state index contributed by atoms with van der Waals surface area (Å²) in [5.74, 6) is -0.156. The number of rotatable bonds is 7. The number of nitrogens with zero attached hydrogens (tertiary/aromatic N) is 3. The first-order valence-corrected chi connectivity index (χ1v) is 11.7. The minimum absolute atomic E-state index is 0.0318. The summed E-state index contributed by atoms with van der Waals surface area (Å²) >= 11 is 1.71. The number of pyridine rings is 1. The van der Waals surface area contributed by atoms with Crippen molar-refractivity contribution >= 4 is 23.2 Å². The van der Waals surface area contributed by atoms with Crippen LogP contribution in [-0.4, -0.2) is 52.8 Å². The van der Waals surface area contributed by atoms with Crippen molar-refractivity contribution in [2.24, 2.45) is 5.92 Å². The molecule has 6 heteroatoms. The number of benzene rings is 1. The van der Waals surface area contributed by atoms with Gasteiger partial charge in [-0.25, -0.2) is 0 Å². The maximum absolute atomic E-state index is 13.3. The Kier molecular flexibility index (Phi) is 7.12. The van der Waals surface area contributed by atoms with Crippen LogP contribution in [-0.2, 0) is 22.4 Å². The van der Waals surface area contributed by atoms with Gasteiger partial charge >= 0.3 is 0 Å². The van der Waals surface area contributed by atoms with Gasteiger partial charge in [0.1, 0.15) is 0 Å². The third-order valence-electron chi connectivity index (χ3n) is 5.76. The van der Waals surface area contributed by atoms with Gasteiger partial charge in [-0.1, -0.05) is 42.5 Å². The van der Waals surface area contributed by atoms with E-state index in [1.165, 1.54) is 10.4 Å². The van der Waals surface area contributed by atoms with Crippen molar-refractivity contribution in [3.63, 3.8) is 0 Å². The Balaban J connectivity index is 1.50. The molecule has 1 aromatic carbocycles. The molecule has 1 saturated heterocycles. The van der Waals surface area contributed by atoms with Gasteiger partial charge in [0.2, 0.25) is 11.8 Å². The van der Waals surface area contributed by atoms with Gasteiger partial charge in [0, 0.05) is 43.4 Å². The fourth-order valence-electron chi connectivity index (χ4n) is 4.08. The van der Waals surface area contributed by atoms with Crippen molar-refractivity contribution in [1.29, 1.82) is 0 Å². The molecule has 3 heterocycles. The summed E-state index contributed by atoms with van der Waals surface area (Å²) in [5, 5.41) is 2.07. The number of thiophene rings is 1. The number of aromatic nitrogens is 1. The van der Waals surface area contributed by atoms with Crippen molar-refractivity contribution in [2.45, 2.75) is 12.8 Å². The quantitative estimate of drug-likeness (QED) is 0.515. The van der Waals surface area contributed by atoms with Crippen LogP contribution in [0.4, 0.5) is 0 Å². The molecular formula is C26H27N3O2S. The molecule has 5 nitrogen and oxygen atoms in total. The van der Waals surface area contributed by atoms with Crippen molar-refractivity contribution < 1.29 is 9.59 Å². The predicted molar refractivity (Wildman–Crippen MR) is 128 cm³/mol. The van der Waals surface area contributed by atoms with Gasteiger partial charge in [-0.05, 0) is 40.6 Å². The van der Waals surface area contributed by atoms with Crippen molar-refractivity contribution in [1.82, 2.24) is 14.8 Å². The van der Waals surface area contributed by atoms with Gasteiger partial charge in [0.25, 0.3) is 0 Å². The number of hydrogen-bond acceptors (Lipinski definition) is 4. The monoisotopic (exact) mass is 445 g/mol. The fourth-order valence-corrected chi connectivity index (χ4v) is 4.82. The first-order chi connectivity index (χ1) is 15.6. The largest absolute Gasteiger partial charge is 0.340 e. The van der Waals surface area contributed by atoms with E-state index >= 15 is 0 Å².